The number of hydrogen-bond acceptors (Lipinski definition) is 3. The van der Waals surface area contributed by atoms with Gasteiger partial charge in [-0.15, -0.1) is 0 Å². The smallest absolute Gasteiger partial charge is 0.405 e. The van der Waals surface area contributed by atoms with Crippen LogP contribution in [-0.4, -0.2) is 37.5 Å². The molecule has 0 radical (unpaired) electrons. The minimum absolute atomic E-state index is 0.250. The van der Waals surface area contributed by atoms with E-state index < -0.39 is 6.09 Å². The molecule has 5 nitrogen and oxygen atoms in total. The summed E-state index contributed by atoms with van der Waals surface area (Å²) in [6, 6.07) is -0.303. The zero-order valence-corrected chi connectivity index (χ0v) is 5.83. The van der Waals surface area contributed by atoms with Crippen LogP contribution in [0.15, 0.2) is 0 Å². The zero-order valence-electron chi connectivity index (χ0n) is 5.83. The van der Waals surface area contributed by atoms with Crippen molar-refractivity contribution in [2.24, 2.45) is 5.73 Å². The van der Waals surface area contributed by atoms with E-state index in [4.69, 9.17) is 10.8 Å². The van der Waals surface area contributed by atoms with Crippen LogP contribution in [0, 0.1) is 0 Å². The number of nitrogens with one attached hydrogen (secondary N) is 1. The molecule has 0 aromatic carbocycles. The third-order valence-corrected chi connectivity index (χ3v) is 0.980. The number of rotatable bonds is 4. The second-order valence-electron chi connectivity index (χ2n) is 1.84. The molecule has 0 unspecified atom stereocenters. The number of methoxy groups -OCH3 is 1. The Morgan fingerprint density at radius 1 is 1.90 bits per heavy atom. The van der Waals surface area contributed by atoms with Gasteiger partial charge in [-0.05, 0) is 0 Å². The van der Waals surface area contributed by atoms with Gasteiger partial charge in [-0.25, -0.2) is 4.79 Å². The molecule has 1 atom stereocenters. The van der Waals surface area contributed by atoms with Crippen LogP contribution in [0.25, 0.3) is 0 Å². The van der Waals surface area contributed by atoms with Gasteiger partial charge >= 0.3 is 6.09 Å². The minimum Gasteiger partial charge on any atom is -0.465 e. The molecule has 0 spiro atoms. The molecule has 0 aliphatic heterocycles. The van der Waals surface area contributed by atoms with Crippen LogP contribution in [0.1, 0.15) is 0 Å². The molecule has 0 aliphatic carbocycles. The Labute approximate surface area is 59.2 Å². The quantitative estimate of drug-likeness (QED) is 0.488. The topological polar surface area (TPSA) is 84.6 Å². The molecule has 0 aromatic rings. The van der Waals surface area contributed by atoms with Gasteiger partial charge in [-0.3, -0.25) is 0 Å². The Morgan fingerprint density at radius 2 is 2.50 bits per heavy atom. The Hall–Kier alpha value is -0.810. The summed E-state index contributed by atoms with van der Waals surface area (Å²) in [5.74, 6) is 0. The van der Waals surface area contributed by atoms with Crippen LogP contribution in [0.3, 0.4) is 0 Å². The number of amides is 1. The predicted molar refractivity (Wildman–Crippen MR) is 35.9 cm³/mol. The lowest BCUT2D eigenvalue weighted by Crippen LogP contribution is -2.42. The van der Waals surface area contributed by atoms with E-state index in [1.807, 2.05) is 0 Å². The first-order valence-electron chi connectivity index (χ1n) is 2.89. The number of ether oxygens (including phenoxy) is 1. The van der Waals surface area contributed by atoms with Crippen LogP contribution in [0.4, 0.5) is 4.79 Å². The Bertz CT molecular complexity index is 107. The van der Waals surface area contributed by atoms with Gasteiger partial charge in [-0.2, -0.15) is 0 Å². The number of carbonyl (C=O) groups is 1. The lowest BCUT2D eigenvalue weighted by Gasteiger charge is -2.12. The summed E-state index contributed by atoms with van der Waals surface area (Å²) in [5.41, 5.74) is 5.20. The van der Waals surface area contributed by atoms with Crippen molar-refractivity contribution in [2.75, 3.05) is 20.3 Å². The monoisotopic (exact) mass is 148 g/mol. The SMILES string of the molecule is COC[C@@H](CN)NC(=O)O. The lowest BCUT2D eigenvalue weighted by atomic mass is 10.3. The molecule has 5 heteroatoms. The standard InChI is InChI=1S/C5H12N2O3/c1-10-3-4(2-6)7-5(8)9/h4,7H,2-3,6H2,1H3,(H,8,9)/t4-/m1/s1. The maximum absolute atomic E-state index is 10.0. The first-order valence-corrected chi connectivity index (χ1v) is 2.89. The van der Waals surface area contributed by atoms with E-state index in [2.05, 4.69) is 10.1 Å². The highest BCUT2D eigenvalue weighted by atomic mass is 16.5. The van der Waals surface area contributed by atoms with E-state index in [-0.39, 0.29) is 12.6 Å². The molecule has 0 bridgehead atoms. The van der Waals surface area contributed by atoms with Crippen molar-refractivity contribution in [1.29, 1.82) is 0 Å². The van der Waals surface area contributed by atoms with Gasteiger partial charge in [-0.1, -0.05) is 0 Å². The van der Waals surface area contributed by atoms with E-state index in [0.717, 1.165) is 0 Å². The fourth-order valence-electron chi connectivity index (χ4n) is 0.544. The van der Waals surface area contributed by atoms with Crippen molar-refractivity contribution in [1.82, 2.24) is 5.32 Å². The molecule has 0 aliphatic rings. The number of hydrogen-bond donors (Lipinski definition) is 3. The molecule has 1 amide bonds. The van der Waals surface area contributed by atoms with E-state index in [1.165, 1.54) is 7.11 Å². The molecule has 0 heterocycles. The van der Waals surface area contributed by atoms with Crippen LogP contribution in [0.2, 0.25) is 0 Å². The summed E-state index contributed by atoms with van der Waals surface area (Å²) in [7, 11) is 1.49. The van der Waals surface area contributed by atoms with Crippen LogP contribution < -0.4 is 11.1 Å². The number of nitrogens with two attached hydrogens (primary N) is 1. The largest absolute Gasteiger partial charge is 0.465 e. The van der Waals surface area contributed by atoms with Gasteiger partial charge in [0.25, 0.3) is 0 Å². The van der Waals surface area contributed by atoms with Crippen molar-refractivity contribution in [3.8, 4) is 0 Å². The highest BCUT2D eigenvalue weighted by Crippen LogP contribution is 1.80. The fraction of sp³-hybridized carbons (Fsp3) is 0.800. The van der Waals surface area contributed by atoms with Crippen molar-refractivity contribution in [2.45, 2.75) is 6.04 Å². The predicted octanol–water partition coefficient (Wildman–Crippen LogP) is -0.772. The van der Waals surface area contributed by atoms with Crippen LogP contribution in [0.5, 0.6) is 0 Å². The molecule has 60 valence electrons. The molecule has 4 N–H and O–H groups in total. The van der Waals surface area contributed by atoms with E-state index in [0.29, 0.717) is 6.61 Å². The van der Waals surface area contributed by atoms with Gasteiger partial charge in [0.1, 0.15) is 0 Å². The van der Waals surface area contributed by atoms with Crippen molar-refractivity contribution in [3.63, 3.8) is 0 Å². The summed E-state index contributed by atoms with van der Waals surface area (Å²) < 4.78 is 4.69. The normalized spacial score (nSPS) is 12.6. The average Bonchev–Trinajstić information content (AvgIpc) is 1.86. The Balaban J connectivity index is 3.49. The van der Waals surface area contributed by atoms with Crippen molar-refractivity contribution >= 4 is 6.09 Å². The maximum Gasteiger partial charge on any atom is 0.405 e. The first-order chi connectivity index (χ1) is 4.70. The number of carboxylic acid groups (broad SMARTS) is 1. The zero-order chi connectivity index (χ0) is 7.98. The van der Waals surface area contributed by atoms with E-state index >= 15 is 0 Å². The van der Waals surface area contributed by atoms with Crippen LogP contribution >= 0.6 is 0 Å². The van der Waals surface area contributed by atoms with E-state index in [1.54, 1.807) is 0 Å². The van der Waals surface area contributed by atoms with E-state index in [9.17, 15) is 4.79 Å². The first kappa shape index (κ1) is 9.19. The third-order valence-electron chi connectivity index (χ3n) is 0.980. The summed E-state index contributed by atoms with van der Waals surface area (Å²) in [4.78, 5) is 10.0. The Morgan fingerprint density at radius 3 is 2.80 bits per heavy atom. The van der Waals surface area contributed by atoms with Gasteiger partial charge in [0.2, 0.25) is 0 Å². The average molecular weight is 148 g/mol. The summed E-state index contributed by atoms with van der Waals surface area (Å²) in [6.07, 6.45) is -1.08. The second-order valence-corrected chi connectivity index (χ2v) is 1.84. The second kappa shape index (κ2) is 5.01. The molecule has 10 heavy (non-hydrogen) atoms. The molecule has 0 saturated heterocycles. The van der Waals surface area contributed by atoms with Crippen molar-refractivity contribution < 1.29 is 14.6 Å². The molecule has 0 rings (SSSR count). The summed E-state index contributed by atoms with van der Waals surface area (Å²) in [6.45, 7) is 0.558. The van der Waals surface area contributed by atoms with Gasteiger partial charge < -0.3 is 20.9 Å². The van der Waals surface area contributed by atoms with Crippen molar-refractivity contribution in [3.05, 3.63) is 0 Å². The lowest BCUT2D eigenvalue weighted by molar-refractivity contribution is 0.153. The van der Waals surface area contributed by atoms with Gasteiger partial charge in [0.15, 0.2) is 0 Å². The maximum atomic E-state index is 10.0. The molecular formula is C5H12N2O3. The molecule has 0 aromatic heterocycles. The van der Waals surface area contributed by atoms with Gasteiger partial charge in [0, 0.05) is 13.7 Å². The molecular weight excluding hydrogens is 136 g/mol. The molecule has 0 saturated carbocycles. The summed E-state index contributed by atoms with van der Waals surface area (Å²) >= 11 is 0. The summed E-state index contributed by atoms with van der Waals surface area (Å²) in [5, 5.41) is 10.4. The van der Waals surface area contributed by atoms with Gasteiger partial charge in [0.05, 0.1) is 12.6 Å². The minimum atomic E-state index is -1.08. The van der Waals surface area contributed by atoms with Crippen LogP contribution in [-0.2, 0) is 4.74 Å². The fourth-order valence-corrected chi connectivity index (χ4v) is 0.544. The molecule has 0 fully saturated rings. The third kappa shape index (κ3) is 4.11. The highest BCUT2D eigenvalue weighted by Gasteiger charge is 2.07. The highest BCUT2D eigenvalue weighted by molar-refractivity contribution is 5.64. The Kier molecular flexibility index (Phi) is 4.61.